The molecule has 0 saturated carbocycles. The Hall–Kier alpha value is -0.980. The van der Waals surface area contributed by atoms with E-state index in [4.69, 9.17) is 4.74 Å². The first-order chi connectivity index (χ1) is 7.76. The average molecular weight is 257 g/mol. The molecule has 0 radical (unpaired) electrons. The third kappa shape index (κ3) is 8.79. The topological polar surface area (TPSA) is 38.8 Å². The SMILES string of the molecule is COCCN(CC(C)C)C(=O)OCC(F)(F)F. The Labute approximate surface area is 98.7 Å². The number of carbonyl (C=O) groups excluding carboxylic acids is 1. The summed E-state index contributed by atoms with van der Waals surface area (Å²) in [4.78, 5) is 12.6. The summed E-state index contributed by atoms with van der Waals surface area (Å²) in [5.41, 5.74) is 0. The van der Waals surface area contributed by atoms with Crippen LogP contribution in [0.5, 0.6) is 0 Å². The number of methoxy groups -OCH3 is 1. The van der Waals surface area contributed by atoms with Gasteiger partial charge in [-0.1, -0.05) is 13.8 Å². The Morgan fingerprint density at radius 3 is 2.35 bits per heavy atom. The summed E-state index contributed by atoms with van der Waals surface area (Å²) in [7, 11) is 1.45. The van der Waals surface area contributed by atoms with Gasteiger partial charge >= 0.3 is 12.3 Å². The van der Waals surface area contributed by atoms with E-state index in [9.17, 15) is 18.0 Å². The number of amides is 1. The maximum absolute atomic E-state index is 11.9. The van der Waals surface area contributed by atoms with Gasteiger partial charge in [0.15, 0.2) is 6.61 Å². The van der Waals surface area contributed by atoms with Crippen LogP contribution in [0.1, 0.15) is 13.8 Å². The standard InChI is InChI=1S/C10H18F3NO3/c1-8(2)6-14(4-5-16-3)9(15)17-7-10(11,12)13/h8H,4-7H2,1-3H3. The molecule has 0 aromatic rings. The van der Waals surface area contributed by atoms with Gasteiger partial charge in [0.05, 0.1) is 6.61 Å². The lowest BCUT2D eigenvalue weighted by molar-refractivity contribution is -0.162. The molecule has 0 fully saturated rings. The minimum Gasteiger partial charge on any atom is -0.440 e. The van der Waals surface area contributed by atoms with E-state index in [0.29, 0.717) is 6.54 Å². The molecule has 0 aliphatic carbocycles. The minimum atomic E-state index is -4.50. The highest BCUT2D eigenvalue weighted by Crippen LogP contribution is 2.15. The quantitative estimate of drug-likeness (QED) is 0.732. The maximum atomic E-state index is 11.9. The molecule has 0 atom stereocenters. The summed E-state index contributed by atoms with van der Waals surface area (Å²) in [6.07, 6.45) is -5.46. The molecule has 0 bridgehead atoms. The Kier molecular flexibility index (Phi) is 6.94. The molecule has 0 spiro atoms. The normalized spacial score (nSPS) is 11.7. The smallest absolute Gasteiger partial charge is 0.422 e. The number of carbonyl (C=O) groups is 1. The van der Waals surface area contributed by atoms with E-state index in [0.717, 1.165) is 0 Å². The Morgan fingerprint density at radius 2 is 1.94 bits per heavy atom. The van der Waals surface area contributed by atoms with Crippen LogP contribution < -0.4 is 0 Å². The Morgan fingerprint density at radius 1 is 1.35 bits per heavy atom. The van der Waals surface area contributed by atoms with Crippen molar-refractivity contribution in [1.29, 1.82) is 0 Å². The number of rotatable bonds is 6. The summed E-state index contributed by atoms with van der Waals surface area (Å²) in [6.45, 7) is 2.96. The second-order valence-corrected chi connectivity index (χ2v) is 4.00. The number of hydrogen-bond acceptors (Lipinski definition) is 3. The Balaban J connectivity index is 4.21. The molecule has 17 heavy (non-hydrogen) atoms. The molecule has 102 valence electrons. The molecule has 0 heterocycles. The summed E-state index contributed by atoms with van der Waals surface area (Å²) >= 11 is 0. The number of halogens is 3. The lowest BCUT2D eigenvalue weighted by Gasteiger charge is -2.23. The van der Waals surface area contributed by atoms with Gasteiger partial charge in [-0.05, 0) is 5.92 Å². The zero-order valence-corrected chi connectivity index (χ0v) is 10.2. The van der Waals surface area contributed by atoms with Gasteiger partial charge in [0.25, 0.3) is 0 Å². The van der Waals surface area contributed by atoms with Crippen LogP contribution in [0, 0.1) is 5.92 Å². The largest absolute Gasteiger partial charge is 0.440 e. The number of nitrogens with zero attached hydrogens (tertiary/aromatic N) is 1. The predicted octanol–water partition coefficient (Wildman–Crippen LogP) is 2.29. The first kappa shape index (κ1) is 16.0. The second-order valence-electron chi connectivity index (χ2n) is 4.00. The zero-order chi connectivity index (χ0) is 13.5. The molecule has 0 aliphatic rings. The van der Waals surface area contributed by atoms with Gasteiger partial charge in [-0.25, -0.2) is 4.79 Å². The van der Waals surface area contributed by atoms with Gasteiger partial charge < -0.3 is 14.4 Å². The molecule has 0 saturated heterocycles. The van der Waals surface area contributed by atoms with Gasteiger partial charge in [0.1, 0.15) is 0 Å². The highest BCUT2D eigenvalue weighted by atomic mass is 19.4. The first-order valence-electron chi connectivity index (χ1n) is 5.23. The summed E-state index contributed by atoms with van der Waals surface area (Å²) < 4.78 is 44.6. The van der Waals surface area contributed by atoms with Crippen LogP contribution in [0.4, 0.5) is 18.0 Å². The van der Waals surface area contributed by atoms with Crippen molar-refractivity contribution in [3.05, 3.63) is 0 Å². The van der Waals surface area contributed by atoms with Gasteiger partial charge in [-0.3, -0.25) is 0 Å². The number of ether oxygens (including phenoxy) is 2. The van der Waals surface area contributed by atoms with Crippen LogP contribution in [0.2, 0.25) is 0 Å². The van der Waals surface area contributed by atoms with E-state index in [1.54, 1.807) is 0 Å². The minimum absolute atomic E-state index is 0.144. The fraction of sp³-hybridized carbons (Fsp3) is 0.900. The lowest BCUT2D eigenvalue weighted by atomic mass is 10.2. The molecular formula is C10H18F3NO3. The predicted molar refractivity (Wildman–Crippen MR) is 55.7 cm³/mol. The Bertz CT molecular complexity index is 231. The van der Waals surface area contributed by atoms with Crippen molar-refractivity contribution in [2.75, 3.05) is 33.4 Å². The molecule has 7 heteroatoms. The van der Waals surface area contributed by atoms with Gasteiger partial charge in [0.2, 0.25) is 0 Å². The van der Waals surface area contributed by atoms with Crippen molar-refractivity contribution in [1.82, 2.24) is 4.90 Å². The molecule has 4 nitrogen and oxygen atoms in total. The third-order valence-electron chi connectivity index (χ3n) is 1.77. The van der Waals surface area contributed by atoms with E-state index >= 15 is 0 Å². The van der Waals surface area contributed by atoms with Crippen LogP contribution in [0.3, 0.4) is 0 Å². The van der Waals surface area contributed by atoms with Crippen LogP contribution >= 0.6 is 0 Å². The highest BCUT2D eigenvalue weighted by Gasteiger charge is 2.30. The number of hydrogen-bond donors (Lipinski definition) is 0. The number of alkyl halides is 3. The van der Waals surface area contributed by atoms with Gasteiger partial charge in [-0.15, -0.1) is 0 Å². The summed E-state index contributed by atoms with van der Waals surface area (Å²) in [6, 6.07) is 0. The molecule has 0 aliphatic heterocycles. The van der Waals surface area contributed by atoms with E-state index in [1.807, 2.05) is 13.8 Å². The monoisotopic (exact) mass is 257 g/mol. The van der Waals surface area contributed by atoms with Crippen molar-refractivity contribution in [3.63, 3.8) is 0 Å². The molecule has 0 rings (SSSR count). The fourth-order valence-corrected chi connectivity index (χ4v) is 1.13. The van der Waals surface area contributed by atoms with Crippen molar-refractivity contribution in [2.24, 2.45) is 5.92 Å². The van der Waals surface area contributed by atoms with Crippen LogP contribution in [0.25, 0.3) is 0 Å². The average Bonchev–Trinajstić information content (AvgIpc) is 2.19. The summed E-state index contributed by atoms with van der Waals surface area (Å²) in [5, 5.41) is 0. The molecule has 0 aromatic carbocycles. The third-order valence-corrected chi connectivity index (χ3v) is 1.77. The van der Waals surface area contributed by atoms with Crippen molar-refractivity contribution >= 4 is 6.09 Å². The molecule has 0 aromatic heterocycles. The summed E-state index contributed by atoms with van der Waals surface area (Å²) in [5.74, 6) is 0.144. The van der Waals surface area contributed by atoms with E-state index in [-0.39, 0.29) is 19.1 Å². The second kappa shape index (κ2) is 7.37. The first-order valence-corrected chi connectivity index (χ1v) is 5.23. The lowest BCUT2D eigenvalue weighted by Crippen LogP contribution is -2.38. The maximum Gasteiger partial charge on any atom is 0.422 e. The van der Waals surface area contributed by atoms with E-state index < -0.39 is 18.9 Å². The van der Waals surface area contributed by atoms with Gasteiger partial charge in [-0.2, -0.15) is 13.2 Å². The molecule has 1 amide bonds. The van der Waals surface area contributed by atoms with E-state index in [2.05, 4.69) is 4.74 Å². The fourth-order valence-electron chi connectivity index (χ4n) is 1.13. The zero-order valence-electron chi connectivity index (χ0n) is 10.2. The molecule has 0 unspecified atom stereocenters. The molecule has 0 N–H and O–H groups in total. The van der Waals surface area contributed by atoms with Crippen molar-refractivity contribution < 1.29 is 27.4 Å². The van der Waals surface area contributed by atoms with Crippen LogP contribution in [0.15, 0.2) is 0 Å². The highest BCUT2D eigenvalue weighted by molar-refractivity contribution is 5.67. The van der Waals surface area contributed by atoms with Gasteiger partial charge in [0, 0.05) is 20.2 Å². The molecular weight excluding hydrogens is 239 g/mol. The van der Waals surface area contributed by atoms with Crippen LogP contribution in [-0.4, -0.2) is 50.6 Å². The van der Waals surface area contributed by atoms with E-state index in [1.165, 1.54) is 12.0 Å². The van der Waals surface area contributed by atoms with Crippen molar-refractivity contribution in [2.45, 2.75) is 20.0 Å². The van der Waals surface area contributed by atoms with Crippen LogP contribution in [-0.2, 0) is 9.47 Å². The van der Waals surface area contributed by atoms with Crippen molar-refractivity contribution in [3.8, 4) is 0 Å².